The number of anilines is 3. The quantitative estimate of drug-likeness (QED) is 0.0988. The second kappa shape index (κ2) is 21.6. The number of carbonyl (C=O) groups excluding carboxylic acids is 6. The minimum absolute atomic E-state index is 0.00850. The molecule has 0 radical (unpaired) electrons. The molecule has 1 aromatic heterocycles. The third-order valence-electron chi connectivity index (χ3n) is 13.1. The molecule has 4 aromatic rings. The molecule has 4 N–H and O–H groups in total. The number of hydrogen-bond donors (Lipinski definition) is 4. The molecule has 0 aliphatic carbocycles. The van der Waals surface area contributed by atoms with Crippen LogP contribution in [0.1, 0.15) is 89.4 Å². The van der Waals surface area contributed by atoms with Crippen molar-refractivity contribution in [3.8, 4) is 11.1 Å². The van der Waals surface area contributed by atoms with Gasteiger partial charge in [-0.3, -0.25) is 24.2 Å². The van der Waals surface area contributed by atoms with Crippen molar-refractivity contribution in [1.29, 1.82) is 0 Å². The molecule has 1 unspecified atom stereocenters. The number of aromatic nitrogens is 1. The first-order valence-corrected chi connectivity index (χ1v) is 23.2. The van der Waals surface area contributed by atoms with Gasteiger partial charge in [-0.25, -0.2) is 9.59 Å². The number of pyridine rings is 1. The number of benzene rings is 3. The van der Waals surface area contributed by atoms with E-state index in [4.69, 9.17) is 9.47 Å². The van der Waals surface area contributed by atoms with Crippen LogP contribution in [0.15, 0.2) is 97.3 Å². The van der Waals surface area contributed by atoms with Gasteiger partial charge in [-0.1, -0.05) is 70.2 Å². The van der Waals surface area contributed by atoms with Crippen molar-refractivity contribution in [2.75, 3.05) is 42.8 Å². The molecule has 7 rings (SSSR count). The normalized spacial score (nSPS) is 20.0. The highest BCUT2D eigenvalue weighted by molar-refractivity contribution is 5.99. The lowest BCUT2D eigenvalue weighted by molar-refractivity contribution is -0.139. The van der Waals surface area contributed by atoms with Crippen molar-refractivity contribution >= 4 is 52.9 Å². The van der Waals surface area contributed by atoms with Crippen LogP contribution in [0.5, 0.6) is 0 Å². The number of nitrogens with one attached hydrogen (secondary N) is 4. The topological polar surface area (TPSA) is 192 Å². The molecule has 0 bridgehead atoms. The maximum absolute atomic E-state index is 13.7. The van der Waals surface area contributed by atoms with Crippen molar-refractivity contribution in [2.45, 2.75) is 102 Å². The van der Waals surface area contributed by atoms with Crippen molar-refractivity contribution in [3.05, 3.63) is 108 Å². The molecule has 354 valence electrons. The number of methoxy groups -OCH3 is 2. The molecule has 6 amide bonds. The number of amides is 6. The monoisotopic (exact) mass is 914 g/mol. The van der Waals surface area contributed by atoms with Gasteiger partial charge in [0.05, 0.1) is 26.3 Å². The zero-order valence-electron chi connectivity index (χ0n) is 39.1. The number of rotatable bonds is 14. The van der Waals surface area contributed by atoms with E-state index in [0.29, 0.717) is 50.1 Å². The van der Waals surface area contributed by atoms with Gasteiger partial charge >= 0.3 is 12.2 Å². The van der Waals surface area contributed by atoms with Gasteiger partial charge in [0.2, 0.25) is 23.6 Å². The molecule has 6 atom stereocenters. The zero-order chi connectivity index (χ0) is 47.8. The van der Waals surface area contributed by atoms with Gasteiger partial charge in [0.1, 0.15) is 24.2 Å². The predicted octanol–water partition coefficient (Wildman–Crippen LogP) is 7.45. The molecule has 67 heavy (non-hydrogen) atoms. The number of hydrogen-bond acceptors (Lipinski definition) is 10. The van der Waals surface area contributed by atoms with Gasteiger partial charge in [0.25, 0.3) is 0 Å². The predicted molar refractivity (Wildman–Crippen MR) is 255 cm³/mol. The highest BCUT2D eigenvalue weighted by Gasteiger charge is 2.41. The van der Waals surface area contributed by atoms with E-state index in [1.165, 1.54) is 14.2 Å². The third-order valence-corrected chi connectivity index (χ3v) is 13.1. The average molecular weight is 915 g/mol. The second-order valence-corrected chi connectivity index (χ2v) is 18.1. The van der Waals surface area contributed by atoms with Crippen LogP contribution in [0.4, 0.5) is 26.7 Å². The van der Waals surface area contributed by atoms with Gasteiger partial charge in [-0.05, 0) is 115 Å². The summed E-state index contributed by atoms with van der Waals surface area (Å²) in [6.45, 7) is 8.18. The number of likely N-dealkylation sites (tertiary alicyclic amines) is 2. The van der Waals surface area contributed by atoms with E-state index < -0.39 is 36.4 Å². The van der Waals surface area contributed by atoms with Crippen molar-refractivity contribution < 1.29 is 38.2 Å². The summed E-state index contributed by atoms with van der Waals surface area (Å²) in [7, 11) is 2.50. The van der Waals surface area contributed by atoms with E-state index in [-0.39, 0.29) is 47.5 Å². The summed E-state index contributed by atoms with van der Waals surface area (Å²) >= 11 is 0. The Balaban J connectivity index is 1.07. The number of carbonyl (C=O) groups is 6. The van der Waals surface area contributed by atoms with Crippen LogP contribution < -0.4 is 26.2 Å². The van der Waals surface area contributed by atoms with Crippen LogP contribution in [0.3, 0.4) is 0 Å². The smallest absolute Gasteiger partial charge is 0.407 e. The first-order valence-electron chi connectivity index (χ1n) is 23.2. The van der Waals surface area contributed by atoms with Crippen LogP contribution >= 0.6 is 0 Å². The van der Waals surface area contributed by atoms with Gasteiger partial charge in [0, 0.05) is 42.5 Å². The van der Waals surface area contributed by atoms with E-state index in [1.807, 2.05) is 94.6 Å². The number of alkyl carbamates (subject to hydrolysis) is 2. The summed E-state index contributed by atoms with van der Waals surface area (Å²) in [5, 5.41) is 11.3. The highest BCUT2D eigenvalue weighted by Crippen LogP contribution is 2.47. The van der Waals surface area contributed by atoms with Crippen molar-refractivity contribution in [3.63, 3.8) is 0 Å². The summed E-state index contributed by atoms with van der Waals surface area (Å²) in [5.41, 5.74) is 6.48. The molecule has 16 heteroatoms. The lowest BCUT2D eigenvalue weighted by atomic mass is 10.0. The molecule has 0 saturated carbocycles. The van der Waals surface area contributed by atoms with E-state index >= 15 is 0 Å². The fraction of sp³-hybridized carbons (Fsp3) is 0.431. The van der Waals surface area contributed by atoms with Gasteiger partial charge in [-0.2, -0.15) is 0 Å². The Labute approximate surface area is 392 Å². The van der Waals surface area contributed by atoms with Crippen molar-refractivity contribution in [2.24, 2.45) is 11.8 Å². The molecule has 3 aliphatic heterocycles. The number of ether oxygens (including phenoxy) is 2. The summed E-state index contributed by atoms with van der Waals surface area (Å²) in [6, 6.07) is 25.2. The Kier molecular flexibility index (Phi) is 15.4. The molecular formula is C51H62N8O8. The Morgan fingerprint density at radius 1 is 0.582 bits per heavy atom. The maximum Gasteiger partial charge on any atom is 0.407 e. The van der Waals surface area contributed by atoms with Gasteiger partial charge in [-0.15, -0.1) is 0 Å². The molecule has 16 nitrogen and oxygen atoms in total. The van der Waals surface area contributed by atoms with Crippen LogP contribution in [0, 0.1) is 11.8 Å². The summed E-state index contributed by atoms with van der Waals surface area (Å²) < 4.78 is 9.49. The third kappa shape index (κ3) is 11.0. The van der Waals surface area contributed by atoms with E-state index in [1.54, 1.807) is 16.0 Å². The van der Waals surface area contributed by atoms with E-state index in [2.05, 4.69) is 55.4 Å². The largest absolute Gasteiger partial charge is 0.453 e. The minimum Gasteiger partial charge on any atom is -0.453 e. The van der Waals surface area contributed by atoms with Crippen LogP contribution in [0.2, 0.25) is 0 Å². The Hall–Kier alpha value is -6.97. The fourth-order valence-electron chi connectivity index (χ4n) is 9.58. The highest BCUT2D eigenvalue weighted by atomic mass is 16.5. The molecule has 0 spiro atoms. The molecular weight excluding hydrogens is 853 g/mol. The first kappa shape index (κ1) is 48.0. The van der Waals surface area contributed by atoms with Crippen LogP contribution in [0.25, 0.3) is 11.1 Å². The van der Waals surface area contributed by atoms with Crippen molar-refractivity contribution in [1.82, 2.24) is 25.4 Å². The van der Waals surface area contributed by atoms with Crippen LogP contribution in [-0.4, -0.2) is 102 Å². The molecule has 3 fully saturated rings. The Morgan fingerprint density at radius 3 is 1.42 bits per heavy atom. The maximum atomic E-state index is 13.7. The summed E-state index contributed by atoms with van der Waals surface area (Å²) in [4.78, 5) is 88.5. The fourth-order valence-corrected chi connectivity index (χ4v) is 9.58. The lowest BCUT2D eigenvalue weighted by Crippen LogP contribution is -2.54. The molecule has 3 aromatic carbocycles. The minimum atomic E-state index is -0.821. The SMILES string of the molecule is COC(=O)NC(C(=O)N1CCC[C@H]1C(=O)Nc1ccc([C@H]2CC[C@H](c3ccc(NC(=O)[C@@H]4CCCN4C(=O)[C@@H](NC(=O)OC)C(C)C)cc3)N2c2ccc(-c3cccnc3)cc2)cc1)C(C)C. The molecule has 3 aliphatic rings. The van der Waals surface area contributed by atoms with E-state index in [0.717, 1.165) is 40.8 Å². The standard InChI is InChI=1S/C51H62N8O8/c1-31(2)44(55-50(64)66-5)48(62)57-28-8-11-42(57)46(60)53-37-19-13-34(14-20-37)40-25-26-41(59(40)39-23-17-33(18-24-39)36-10-7-27-52-30-36)35-15-21-38(22-16-35)54-47(61)43-12-9-29-58(43)49(63)45(32(3)4)56-51(65)67-6/h7,10,13-24,27,30-32,40-45H,8-9,11-12,25-26,28-29H2,1-6H3,(H,53,60)(H,54,61)(H,55,64)(H,56,65)/t40-,41-,42+,43+,44+,45?/m1/s1. The second-order valence-electron chi connectivity index (χ2n) is 18.1. The zero-order valence-corrected chi connectivity index (χ0v) is 39.1. The summed E-state index contributed by atoms with van der Waals surface area (Å²) in [5.74, 6) is -1.60. The Morgan fingerprint density at radius 2 is 1.03 bits per heavy atom. The first-order chi connectivity index (χ1) is 32.3. The molecule has 4 heterocycles. The molecule has 3 saturated heterocycles. The average Bonchev–Trinajstić information content (AvgIpc) is 4.14. The number of nitrogens with zero attached hydrogens (tertiary/aromatic N) is 4. The summed E-state index contributed by atoms with van der Waals surface area (Å²) in [6.07, 6.45) is 6.28. The van der Waals surface area contributed by atoms with Gasteiger partial charge < -0.3 is 45.4 Å². The lowest BCUT2D eigenvalue weighted by Gasteiger charge is -2.34. The Bertz CT molecular complexity index is 2250. The van der Waals surface area contributed by atoms with Gasteiger partial charge in [0.15, 0.2) is 0 Å². The van der Waals surface area contributed by atoms with Crippen LogP contribution in [-0.2, 0) is 28.7 Å². The van der Waals surface area contributed by atoms with E-state index in [9.17, 15) is 28.8 Å².